The van der Waals surface area contributed by atoms with Crippen molar-refractivity contribution in [3.63, 3.8) is 0 Å². The minimum absolute atomic E-state index is 0.0694. The van der Waals surface area contributed by atoms with E-state index in [-0.39, 0.29) is 48.1 Å². The summed E-state index contributed by atoms with van der Waals surface area (Å²) in [6.45, 7) is 12.6. The molecule has 212 valence electrons. The topological polar surface area (TPSA) is 131 Å². The molecule has 0 spiro atoms. The largest absolute Gasteiger partial charge is 0.492 e. The minimum Gasteiger partial charge on any atom is -0.460 e. The van der Waals surface area contributed by atoms with E-state index in [4.69, 9.17) is 15.1 Å². The molecule has 0 radical (unpaired) electrons. The number of anilines is 1. The second-order valence-electron chi connectivity index (χ2n) is 13.0. The smallest absolute Gasteiger partial charge is 0.460 e. The molecule has 1 aromatic carbocycles. The number of ether oxygens (including phenoxy) is 1. The first-order valence-corrected chi connectivity index (χ1v) is 14.4. The molecule has 5 N–H and O–H groups in total. The number of fused-ring (bicyclic) bond motifs is 1. The predicted molar refractivity (Wildman–Crippen MR) is 150 cm³/mol. The average Bonchev–Trinajstić information content (AvgIpc) is 3.44. The number of aliphatic hydroxyl groups is 1. The van der Waals surface area contributed by atoms with Gasteiger partial charge in [0.2, 0.25) is 0 Å². The lowest BCUT2D eigenvalue weighted by Gasteiger charge is -2.61. The Balaban J connectivity index is 1.41. The molecule has 0 saturated heterocycles. The van der Waals surface area contributed by atoms with E-state index < -0.39 is 36.1 Å². The van der Waals surface area contributed by atoms with Gasteiger partial charge in [-0.05, 0) is 66.1 Å². The van der Waals surface area contributed by atoms with Crippen molar-refractivity contribution in [1.82, 2.24) is 0 Å². The zero-order chi connectivity index (χ0) is 28.3. The van der Waals surface area contributed by atoms with E-state index in [1.54, 1.807) is 12.1 Å². The number of Topliss-reactive ketones (excluding diaryl/α,β-unsaturated/α-hetero) is 1. The molecule has 39 heavy (non-hydrogen) atoms. The number of nitrogens with one attached hydrogen (secondary N) is 1. The number of aliphatic hydroxyl groups excluding tert-OH is 1. The number of rotatable bonds is 6. The van der Waals surface area contributed by atoms with E-state index in [0.717, 1.165) is 24.8 Å². The Hall–Kier alpha value is -2.20. The second-order valence-corrected chi connectivity index (χ2v) is 13.0. The van der Waals surface area contributed by atoms with Gasteiger partial charge in [0.15, 0.2) is 0 Å². The van der Waals surface area contributed by atoms with E-state index in [9.17, 15) is 19.7 Å². The molecular weight excluding hydrogens is 495 g/mol. The Kier molecular flexibility index (Phi) is 7.28. The third kappa shape index (κ3) is 4.28. The number of carbonyl (C=O) groups is 2. The molecule has 1 unspecified atom stereocenters. The molecule has 0 amide bonds. The molecule has 2 bridgehead atoms. The second kappa shape index (κ2) is 10.0. The van der Waals surface area contributed by atoms with E-state index in [1.165, 1.54) is 0 Å². The van der Waals surface area contributed by atoms with Gasteiger partial charge in [-0.2, -0.15) is 0 Å². The number of esters is 1. The lowest BCUT2D eigenvalue weighted by Crippen LogP contribution is -2.63. The van der Waals surface area contributed by atoms with Gasteiger partial charge in [0.1, 0.15) is 18.4 Å². The number of hydrogen-bond donors (Lipinski definition) is 4. The number of benzene rings is 1. The molecule has 5 rings (SSSR count). The Bertz CT molecular complexity index is 1160. The van der Waals surface area contributed by atoms with Crippen molar-refractivity contribution in [2.24, 2.45) is 39.7 Å². The summed E-state index contributed by atoms with van der Waals surface area (Å²) in [5.41, 5.74) is 6.35. The van der Waals surface area contributed by atoms with Gasteiger partial charge in [-0.3, -0.25) is 9.59 Å². The third-order valence-electron chi connectivity index (χ3n) is 11.2. The van der Waals surface area contributed by atoms with Crippen molar-refractivity contribution >= 4 is 30.0 Å². The molecule has 0 aromatic heterocycles. The van der Waals surface area contributed by atoms with Gasteiger partial charge < -0.3 is 30.6 Å². The van der Waals surface area contributed by atoms with Crippen LogP contribution in [0.15, 0.2) is 30.9 Å². The van der Waals surface area contributed by atoms with Crippen LogP contribution in [0.2, 0.25) is 0 Å². The lowest BCUT2D eigenvalue weighted by molar-refractivity contribution is -0.205. The monoisotopic (exact) mass is 538 g/mol. The highest BCUT2D eigenvalue weighted by molar-refractivity contribution is 6.61. The van der Waals surface area contributed by atoms with Crippen molar-refractivity contribution in [1.29, 1.82) is 0 Å². The third-order valence-corrected chi connectivity index (χ3v) is 11.2. The normalized spacial score (nSPS) is 41.3. The highest BCUT2D eigenvalue weighted by atomic mass is 16.5. The first-order valence-electron chi connectivity index (χ1n) is 14.4. The zero-order valence-electron chi connectivity index (χ0n) is 23.6. The number of carbonyl (C=O) groups excluding carboxylic acids is 2. The van der Waals surface area contributed by atoms with Crippen molar-refractivity contribution < 1.29 is 29.1 Å². The molecule has 1 aliphatic heterocycles. The van der Waals surface area contributed by atoms with Gasteiger partial charge in [-0.15, -0.1) is 6.58 Å². The van der Waals surface area contributed by atoms with Crippen molar-refractivity contribution in [3.05, 3.63) is 36.4 Å². The zero-order valence-corrected chi connectivity index (χ0v) is 23.6. The number of ketones is 1. The van der Waals surface area contributed by atoms with Crippen LogP contribution in [-0.4, -0.2) is 54.3 Å². The average molecular weight is 538 g/mol. The van der Waals surface area contributed by atoms with Crippen LogP contribution in [0.5, 0.6) is 0 Å². The van der Waals surface area contributed by atoms with Crippen molar-refractivity contribution in [2.45, 2.75) is 78.1 Å². The van der Waals surface area contributed by atoms with Crippen LogP contribution in [0.25, 0.3) is 0 Å². The Morgan fingerprint density at radius 1 is 1.33 bits per heavy atom. The Morgan fingerprint density at radius 3 is 2.77 bits per heavy atom. The van der Waals surface area contributed by atoms with Gasteiger partial charge >= 0.3 is 13.1 Å². The molecule has 9 atom stereocenters. The standard InChI is InChI=1S/C30H43BN2O6/c1-6-28(4)14-24(29(5)17(2)9-11-30(18(3)27(28)36)12-10-22(34)26(29)30)38-25(35)16-33-19-7-8-20-21(13-19)31(37)39-23(20)15-32/h6-8,13,17-18,23-24,26-27,33,36-37H,1,9-12,14-16,32H2,2-5H3/t17-,18+,23?,24-,26+,27+,28-,29+,30+/m1/s1. The maximum absolute atomic E-state index is 13.5. The van der Waals surface area contributed by atoms with E-state index in [2.05, 4.69) is 32.7 Å². The first-order chi connectivity index (χ1) is 18.4. The summed E-state index contributed by atoms with van der Waals surface area (Å²) in [7, 11) is -1.06. The molecule has 1 heterocycles. The molecule has 3 aliphatic carbocycles. The number of hydrogen-bond acceptors (Lipinski definition) is 8. The van der Waals surface area contributed by atoms with Crippen LogP contribution in [0.1, 0.15) is 71.5 Å². The van der Waals surface area contributed by atoms with Gasteiger partial charge in [0.25, 0.3) is 0 Å². The maximum Gasteiger partial charge on any atom is 0.492 e. The van der Waals surface area contributed by atoms with E-state index in [0.29, 0.717) is 24.0 Å². The molecule has 9 heteroatoms. The minimum atomic E-state index is -1.06. The van der Waals surface area contributed by atoms with Crippen LogP contribution in [-0.2, 0) is 19.0 Å². The lowest BCUT2D eigenvalue weighted by atomic mass is 9.44. The van der Waals surface area contributed by atoms with Crippen LogP contribution in [0, 0.1) is 34.0 Å². The fraction of sp³-hybridized carbons (Fsp3) is 0.667. The Labute approximate surface area is 231 Å². The summed E-state index contributed by atoms with van der Waals surface area (Å²) >= 11 is 0. The molecular formula is C30H43BN2O6. The van der Waals surface area contributed by atoms with Crippen molar-refractivity contribution in [2.75, 3.05) is 18.4 Å². The molecule has 1 aromatic rings. The highest BCUT2D eigenvalue weighted by Crippen LogP contribution is 2.68. The van der Waals surface area contributed by atoms with Gasteiger partial charge in [0, 0.05) is 35.4 Å². The fourth-order valence-electron chi connectivity index (χ4n) is 8.55. The van der Waals surface area contributed by atoms with Crippen LogP contribution < -0.4 is 16.5 Å². The van der Waals surface area contributed by atoms with E-state index >= 15 is 0 Å². The molecule has 4 aliphatic rings. The summed E-state index contributed by atoms with van der Waals surface area (Å²) < 4.78 is 11.8. The number of nitrogens with two attached hydrogens (primary N) is 1. The summed E-state index contributed by atoms with van der Waals surface area (Å²) in [6, 6.07) is 5.44. The summed E-state index contributed by atoms with van der Waals surface area (Å²) in [4.78, 5) is 26.9. The molecule has 8 nitrogen and oxygen atoms in total. The van der Waals surface area contributed by atoms with E-state index in [1.807, 2.05) is 19.1 Å². The summed E-state index contributed by atoms with van der Waals surface area (Å²) in [6.07, 6.45) is 3.70. The molecule has 3 saturated carbocycles. The fourth-order valence-corrected chi connectivity index (χ4v) is 8.55. The summed E-state index contributed by atoms with van der Waals surface area (Å²) in [5, 5.41) is 25.0. The maximum atomic E-state index is 13.5. The highest BCUT2D eigenvalue weighted by Gasteiger charge is 2.68. The predicted octanol–water partition coefficient (Wildman–Crippen LogP) is 2.72. The van der Waals surface area contributed by atoms with Crippen LogP contribution >= 0.6 is 0 Å². The van der Waals surface area contributed by atoms with Gasteiger partial charge in [-0.1, -0.05) is 39.8 Å². The van der Waals surface area contributed by atoms with Crippen LogP contribution in [0.3, 0.4) is 0 Å². The SMILES string of the molecule is C=C[C@]1(C)C[C@@H](OC(=O)CNc2ccc3c(c2)B(O)OC3CN)[C@]2(C)[C@H](C)CC[C@]3(CCC(=O)[C@H]32)[C@@H](C)[C@@H]1O. The van der Waals surface area contributed by atoms with Gasteiger partial charge in [-0.25, -0.2) is 0 Å². The van der Waals surface area contributed by atoms with Gasteiger partial charge in [0.05, 0.1) is 12.2 Å². The quantitative estimate of drug-likeness (QED) is 0.247. The Morgan fingerprint density at radius 2 is 2.08 bits per heavy atom. The van der Waals surface area contributed by atoms with Crippen molar-refractivity contribution in [3.8, 4) is 0 Å². The van der Waals surface area contributed by atoms with Crippen LogP contribution in [0.4, 0.5) is 5.69 Å². The molecule has 3 fully saturated rings. The first kappa shape index (κ1) is 28.3. The summed E-state index contributed by atoms with van der Waals surface area (Å²) in [5.74, 6) is -0.346.